The van der Waals surface area contributed by atoms with E-state index in [1.165, 1.54) is 0 Å². The van der Waals surface area contributed by atoms with Crippen molar-refractivity contribution in [3.63, 3.8) is 0 Å². The van der Waals surface area contributed by atoms with E-state index in [-0.39, 0.29) is 23.7 Å². The third-order valence-corrected chi connectivity index (χ3v) is 5.15. The van der Waals surface area contributed by atoms with Crippen LogP contribution >= 0.6 is 0 Å². The molecule has 0 unspecified atom stereocenters. The minimum absolute atomic E-state index is 0.0940. The summed E-state index contributed by atoms with van der Waals surface area (Å²) in [5, 5.41) is 4.25. The average molecular weight is 335 g/mol. The van der Waals surface area contributed by atoms with Gasteiger partial charge in [-0.25, -0.2) is 0 Å². The van der Waals surface area contributed by atoms with Crippen LogP contribution in [0.2, 0.25) is 0 Å². The smallest absolute Gasteiger partial charge is 0.251 e. The van der Waals surface area contributed by atoms with Gasteiger partial charge in [0.2, 0.25) is 0 Å². The highest BCUT2D eigenvalue weighted by molar-refractivity contribution is 5.81. The van der Waals surface area contributed by atoms with E-state index in [0.29, 0.717) is 32.9 Å². The first-order valence-corrected chi connectivity index (χ1v) is 8.88. The van der Waals surface area contributed by atoms with Crippen LogP contribution in [0.25, 0.3) is 0 Å². The van der Waals surface area contributed by atoms with E-state index in [1.54, 1.807) is 6.20 Å². The van der Waals surface area contributed by atoms with E-state index < -0.39 is 0 Å². The maximum absolute atomic E-state index is 12.7. The van der Waals surface area contributed by atoms with Crippen molar-refractivity contribution in [1.82, 2.24) is 14.7 Å². The summed E-state index contributed by atoms with van der Waals surface area (Å²) in [6, 6.07) is 1.92. The molecule has 3 atom stereocenters. The highest BCUT2D eigenvalue weighted by atomic mass is 16.6. The van der Waals surface area contributed by atoms with Gasteiger partial charge in [0, 0.05) is 25.5 Å². The molecule has 1 aromatic rings. The van der Waals surface area contributed by atoms with Crippen LogP contribution in [0.5, 0.6) is 0 Å². The van der Waals surface area contributed by atoms with E-state index in [0.717, 1.165) is 32.2 Å². The Kier molecular flexibility index (Phi) is 4.56. The quantitative estimate of drug-likeness (QED) is 0.819. The van der Waals surface area contributed by atoms with E-state index in [4.69, 9.17) is 14.2 Å². The van der Waals surface area contributed by atoms with Crippen LogP contribution in [0.4, 0.5) is 0 Å². The van der Waals surface area contributed by atoms with Crippen molar-refractivity contribution in [2.45, 2.75) is 50.0 Å². The predicted octanol–water partition coefficient (Wildman–Crippen LogP) is 0.839. The minimum Gasteiger partial charge on any atom is -0.377 e. The number of hydrogen-bond donors (Lipinski definition) is 0. The first-order chi connectivity index (χ1) is 11.7. The van der Waals surface area contributed by atoms with Gasteiger partial charge in [-0.05, 0) is 31.7 Å². The molecule has 132 valence electrons. The molecule has 7 heteroatoms. The maximum atomic E-state index is 12.7. The standard InChI is InChI=1S/C17H25N3O4/c21-16(15-3-1-9-23-15)19-8-10-22-13-17(12-19)5-4-14(24-17)11-20-7-2-6-18-20/h2,6-7,14-15H,1,3-5,8-13H2/t14-,15+,17-/m0/s1. The number of aromatic nitrogens is 2. The molecule has 3 saturated heterocycles. The van der Waals surface area contributed by atoms with Gasteiger partial charge in [-0.2, -0.15) is 5.10 Å². The fraction of sp³-hybridized carbons (Fsp3) is 0.765. The molecule has 0 saturated carbocycles. The van der Waals surface area contributed by atoms with Crippen LogP contribution in [0.3, 0.4) is 0 Å². The van der Waals surface area contributed by atoms with Crippen LogP contribution in [-0.2, 0) is 25.5 Å². The third kappa shape index (κ3) is 3.34. The molecule has 3 fully saturated rings. The molecule has 0 N–H and O–H groups in total. The molecule has 1 amide bonds. The fourth-order valence-corrected chi connectivity index (χ4v) is 3.93. The van der Waals surface area contributed by atoms with Crippen LogP contribution in [0.1, 0.15) is 25.7 Å². The molecule has 0 aliphatic carbocycles. The lowest BCUT2D eigenvalue weighted by Crippen LogP contribution is -2.49. The second-order valence-corrected chi connectivity index (χ2v) is 7.00. The fourth-order valence-electron chi connectivity index (χ4n) is 3.93. The summed E-state index contributed by atoms with van der Waals surface area (Å²) in [6.07, 6.45) is 7.24. The zero-order valence-electron chi connectivity index (χ0n) is 13.9. The molecule has 3 aliphatic heterocycles. The molecule has 24 heavy (non-hydrogen) atoms. The lowest BCUT2D eigenvalue weighted by atomic mass is 9.99. The molecule has 4 heterocycles. The maximum Gasteiger partial charge on any atom is 0.251 e. The van der Waals surface area contributed by atoms with Gasteiger partial charge < -0.3 is 19.1 Å². The first-order valence-electron chi connectivity index (χ1n) is 8.88. The summed E-state index contributed by atoms with van der Waals surface area (Å²) >= 11 is 0. The molecule has 4 rings (SSSR count). The highest BCUT2D eigenvalue weighted by Gasteiger charge is 2.45. The Balaban J connectivity index is 1.41. The van der Waals surface area contributed by atoms with Crippen molar-refractivity contribution >= 4 is 5.91 Å². The Hall–Kier alpha value is -1.44. The van der Waals surface area contributed by atoms with Crippen molar-refractivity contribution in [2.24, 2.45) is 0 Å². The van der Waals surface area contributed by atoms with Crippen molar-refractivity contribution in [2.75, 3.05) is 32.9 Å². The van der Waals surface area contributed by atoms with E-state index in [1.807, 2.05) is 21.8 Å². The summed E-state index contributed by atoms with van der Waals surface area (Å²) < 4.78 is 19.6. The Morgan fingerprint density at radius 1 is 1.33 bits per heavy atom. The number of nitrogens with zero attached hydrogens (tertiary/aromatic N) is 3. The van der Waals surface area contributed by atoms with Gasteiger partial charge in [-0.3, -0.25) is 9.48 Å². The zero-order valence-corrected chi connectivity index (χ0v) is 13.9. The van der Waals surface area contributed by atoms with Gasteiger partial charge in [0.1, 0.15) is 11.7 Å². The number of rotatable bonds is 3. The molecule has 1 aromatic heterocycles. The number of hydrogen-bond acceptors (Lipinski definition) is 5. The van der Waals surface area contributed by atoms with Crippen LogP contribution in [0, 0.1) is 0 Å². The zero-order chi connectivity index (χ0) is 16.4. The van der Waals surface area contributed by atoms with Crippen molar-refractivity contribution in [3.8, 4) is 0 Å². The Morgan fingerprint density at radius 2 is 2.29 bits per heavy atom. The van der Waals surface area contributed by atoms with Gasteiger partial charge >= 0.3 is 0 Å². The summed E-state index contributed by atoms with van der Waals surface area (Å²) in [6.45, 7) is 3.77. The number of ether oxygens (including phenoxy) is 3. The van der Waals surface area contributed by atoms with Gasteiger partial charge in [0.05, 0.1) is 32.4 Å². The van der Waals surface area contributed by atoms with Crippen molar-refractivity contribution < 1.29 is 19.0 Å². The number of carbonyl (C=O) groups excluding carboxylic acids is 1. The summed E-state index contributed by atoms with van der Waals surface area (Å²) in [5.74, 6) is 0.0940. The molecular formula is C17H25N3O4. The summed E-state index contributed by atoms with van der Waals surface area (Å²) in [4.78, 5) is 14.6. The van der Waals surface area contributed by atoms with Crippen LogP contribution in [0.15, 0.2) is 18.5 Å². The highest BCUT2D eigenvalue weighted by Crippen LogP contribution is 2.34. The number of amides is 1. The van der Waals surface area contributed by atoms with Gasteiger partial charge in [0.25, 0.3) is 5.91 Å². The van der Waals surface area contributed by atoms with Crippen molar-refractivity contribution in [3.05, 3.63) is 18.5 Å². The summed E-state index contributed by atoms with van der Waals surface area (Å²) in [5.41, 5.74) is -0.386. The average Bonchev–Trinajstić information content (AvgIpc) is 3.30. The molecule has 7 nitrogen and oxygen atoms in total. The van der Waals surface area contributed by atoms with Gasteiger partial charge in [0.15, 0.2) is 0 Å². The molecule has 0 bridgehead atoms. The Morgan fingerprint density at radius 3 is 3.08 bits per heavy atom. The van der Waals surface area contributed by atoms with Gasteiger partial charge in [-0.1, -0.05) is 0 Å². The first kappa shape index (κ1) is 16.1. The largest absolute Gasteiger partial charge is 0.377 e. The molecule has 0 radical (unpaired) electrons. The van der Waals surface area contributed by atoms with E-state index in [9.17, 15) is 4.79 Å². The number of carbonyl (C=O) groups is 1. The molecule has 3 aliphatic rings. The molecule has 0 aromatic carbocycles. The monoisotopic (exact) mass is 335 g/mol. The molecular weight excluding hydrogens is 310 g/mol. The van der Waals surface area contributed by atoms with Crippen LogP contribution in [-0.4, -0.2) is 71.3 Å². The van der Waals surface area contributed by atoms with Crippen LogP contribution < -0.4 is 0 Å². The SMILES string of the molecule is O=C([C@H]1CCCO1)N1CCOC[C@]2(CC[C@@H](Cn3cccn3)O2)C1. The van der Waals surface area contributed by atoms with E-state index in [2.05, 4.69) is 5.10 Å². The lowest BCUT2D eigenvalue weighted by molar-refractivity contribution is -0.145. The Bertz CT molecular complexity index is 558. The normalized spacial score (nSPS) is 33.9. The predicted molar refractivity (Wildman–Crippen MR) is 85.4 cm³/mol. The van der Waals surface area contributed by atoms with Crippen molar-refractivity contribution in [1.29, 1.82) is 0 Å². The molecule has 1 spiro atoms. The topological polar surface area (TPSA) is 65.8 Å². The second-order valence-electron chi connectivity index (χ2n) is 7.00. The summed E-state index contributed by atoms with van der Waals surface area (Å²) in [7, 11) is 0. The third-order valence-electron chi connectivity index (χ3n) is 5.15. The van der Waals surface area contributed by atoms with Gasteiger partial charge in [-0.15, -0.1) is 0 Å². The Labute approximate surface area is 141 Å². The second kappa shape index (κ2) is 6.82. The minimum atomic E-state index is -0.386. The lowest BCUT2D eigenvalue weighted by Gasteiger charge is -2.33. The van der Waals surface area contributed by atoms with E-state index >= 15 is 0 Å².